The minimum absolute atomic E-state index is 0.835. The fourth-order valence-electron chi connectivity index (χ4n) is 2.03. The van der Waals surface area contributed by atoms with E-state index < -0.39 is 0 Å². The molecule has 0 spiro atoms. The van der Waals surface area contributed by atoms with Crippen molar-refractivity contribution >= 4 is 17.3 Å². The Bertz CT molecular complexity index is 593. The molecule has 1 aromatic carbocycles. The lowest BCUT2D eigenvalue weighted by molar-refractivity contribution is 0.838. The molecule has 2 rings (SSSR count). The second-order valence-electron chi connectivity index (χ2n) is 5.00. The molecule has 0 bridgehead atoms. The van der Waals surface area contributed by atoms with Crippen LogP contribution in [-0.4, -0.2) is 17.0 Å². The molecule has 0 unspecified atom stereocenters. The molecule has 0 aliphatic carbocycles. The largest absolute Gasteiger partial charge is 0.373 e. The van der Waals surface area contributed by atoms with E-state index in [4.69, 9.17) is 0 Å². The van der Waals surface area contributed by atoms with Crippen molar-refractivity contribution < 1.29 is 0 Å². The van der Waals surface area contributed by atoms with E-state index in [0.717, 1.165) is 36.0 Å². The zero-order valence-corrected chi connectivity index (χ0v) is 12.6. The van der Waals surface area contributed by atoms with Gasteiger partial charge in [-0.15, -0.1) is 0 Å². The van der Waals surface area contributed by atoms with Gasteiger partial charge in [-0.1, -0.05) is 19.1 Å². The lowest BCUT2D eigenvalue weighted by Crippen LogP contribution is -2.04. The molecule has 0 aliphatic rings. The predicted octanol–water partition coefficient (Wildman–Crippen LogP) is 3.83. The molecule has 0 atom stereocenters. The Balaban J connectivity index is 2.32. The third kappa shape index (κ3) is 3.47. The van der Waals surface area contributed by atoms with Crippen LogP contribution in [0.3, 0.4) is 0 Å². The molecule has 0 amide bonds. The highest BCUT2D eigenvalue weighted by Crippen LogP contribution is 2.22. The maximum atomic E-state index is 4.57. The molecule has 0 aliphatic heterocycles. The summed E-state index contributed by atoms with van der Waals surface area (Å²) in [6.45, 7) is 6.31. The van der Waals surface area contributed by atoms with Crippen molar-refractivity contribution in [1.29, 1.82) is 0 Å². The van der Waals surface area contributed by atoms with Gasteiger partial charge in [0.2, 0.25) is 0 Å². The van der Waals surface area contributed by atoms with Crippen LogP contribution in [-0.2, 0) is 6.42 Å². The first-order chi connectivity index (χ1) is 9.62. The first kappa shape index (κ1) is 14.3. The lowest BCUT2D eigenvalue weighted by atomic mass is 10.1. The van der Waals surface area contributed by atoms with E-state index in [1.807, 2.05) is 13.1 Å². The summed E-state index contributed by atoms with van der Waals surface area (Å²) in [5.41, 5.74) is 3.53. The number of benzene rings is 1. The first-order valence-corrected chi connectivity index (χ1v) is 7.02. The van der Waals surface area contributed by atoms with Gasteiger partial charge in [0.15, 0.2) is 0 Å². The summed E-state index contributed by atoms with van der Waals surface area (Å²) in [7, 11) is 1.87. The van der Waals surface area contributed by atoms with E-state index in [9.17, 15) is 0 Å². The number of hydrogen-bond donors (Lipinski definition) is 2. The quantitative estimate of drug-likeness (QED) is 0.867. The molecule has 0 saturated carbocycles. The van der Waals surface area contributed by atoms with Crippen LogP contribution >= 0.6 is 0 Å². The summed E-state index contributed by atoms with van der Waals surface area (Å²) < 4.78 is 0. The van der Waals surface area contributed by atoms with Gasteiger partial charge in [0.05, 0.1) is 0 Å². The molecule has 2 aromatic rings. The Kier molecular flexibility index (Phi) is 4.56. The van der Waals surface area contributed by atoms with E-state index in [2.05, 4.69) is 59.6 Å². The van der Waals surface area contributed by atoms with E-state index in [1.54, 1.807) is 0 Å². The molecule has 4 heteroatoms. The van der Waals surface area contributed by atoms with Crippen LogP contribution < -0.4 is 10.6 Å². The van der Waals surface area contributed by atoms with Crippen molar-refractivity contribution in [2.75, 3.05) is 17.7 Å². The zero-order chi connectivity index (χ0) is 14.5. The van der Waals surface area contributed by atoms with Crippen molar-refractivity contribution in [2.24, 2.45) is 0 Å². The smallest absolute Gasteiger partial charge is 0.136 e. The number of anilines is 3. The fourth-order valence-corrected chi connectivity index (χ4v) is 2.03. The minimum atomic E-state index is 0.835. The number of aromatic nitrogens is 2. The number of nitrogens with zero attached hydrogens (tertiary/aromatic N) is 2. The van der Waals surface area contributed by atoms with Crippen LogP contribution in [0.15, 0.2) is 24.3 Å². The summed E-state index contributed by atoms with van der Waals surface area (Å²) >= 11 is 0. The fraction of sp³-hybridized carbons (Fsp3) is 0.375. The van der Waals surface area contributed by atoms with Gasteiger partial charge in [0, 0.05) is 25.2 Å². The van der Waals surface area contributed by atoms with Crippen molar-refractivity contribution in [3.05, 3.63) is 41.2 Å². The third-order valence-corrected chi connectivity index (χ3v) is 3.16. The number of hydrogen-bond acceptors (Lipinski definition) is 4. The van der Waals surface area contributed by atoms with E-state index in [0.29, 0.717) is 0 Å². The lowest BCUT2D eigenvalue weighted by Gasteiger charge is -2.12. The van der Waals surface area contributed by atoms with Gasteiger partial charge in [-0.05, 0) is 37.5 Å². The normalized spacial score (nSPS) is 10.4. The van der Waals surface area contributed by atoms with Gasteiger partial charge >= 0.3 is 0 Å². The molecule has 0 saturated heterocycles. The Morgan fingerprint density at radius 2 is 1.80 bits per heavy atom. The summed E-state index contributed by atoms with van der Waals surface area (Å²) in [6.07, 6.45) is 1.92. The van der Waals surface area contributed by atoms with E-state index in [1.165, 1.54) is 11.1 Å². The zero-order valence-electron chi connectivity index (χ0n) is 12.6. The average Bonchev–Trinajstić information content (AvgIpc) is 2.43. The summed E-state index contributed by atoms with van der Waals surface area (Å²) in [4.78, 5) is 9.04. The van der Waals surface area contributed by atoms with Crippen LogP contribution in [0, 0.1) is 13.8 Å². The van der Waals surface area contributed by atoms with Gasteiger partial charge in [-0.3, -0.25) is 0 Å². The molecule has 0 radical (unpaired) electrons. The Hall–Kier alpha value is -2.10. The van der Waals surface area contributed by atoms with Gasteiger partial charge in [-0.25, -0.2) is 9.97 Å². The van der Waals surface area contributed by atoms with Gasteiger partial charge in [0.25, 0.3) is 0 Å². The van der Waals surface area contributed by atoms with E-state index in [-0.39, 0.29) is 0 Å². The van der Waals surface area contributed by atoms with Crippen LogP contribution in [0.4, 0.5) is 17.3 Å². The molecule has 20 heavy (non-hydrogen) atoms. The molecular weight excluding hydrogens is 248 g/mol. The molecule has 2 N–H and O–H groups in total. The summed E-state index contributed by atoms with van der Waals surface area (Å²) in [5.74, 6) is 2.55. The molecule has 1 aromatic heterocycles. The topological polar surface area (TPSA) is 49.8 Å². The van der Waals surface area contributed by atoms with Crippen molar-refractivity contribution in [3.63, 3.8) is 0 Å². The standard InChI is InChI=1S/C16H22N4/c1-5-6-14-19-15(17-4)10-16(20-14)18-13-9-11(2)7-8-12(13)3/h7-10H,5-6H2,1-4H3,(H2,17,18,19,20). The highest BCUT2D eigenvalue weighted by atomic mass is 15.1. The van der Waals surface area contributed by atoms with Crippen LogP contribution in [0.2, 0.25) is 0 Å². The molecule has 4 nitrogen and oxygen atoms in total. The van der Waals surface area contributed by atoms with Crippen LogP contribution in [0.1, 0.15) is 30.3 Å². The predicted molar refractivity (Wildman–Crippen MR) is 84.8 cm³/mol. The monoisotopic (exact) mass is 270 g/mol. The van der Waals surface area contributed by atoms with Gasteiger partial charge in [0.1, 0.15) is 17.5 Å². The molecule has 1 heterocycles. The van der Waals surface area contributed by atoms with Gasteiger partial charge < -0.3 is 10.6 Å². The molecule has 106 valence electrons. The van der Waals surface area contributed by atoms with Crippen LogP contribution in [0.5, 0.6) is 0 Å². The molecular formula is C16H22N4. The van der Waals surface area contributed by atoms with E-state index >= 15 is 0 Å². The maximum Gasteiger partial charge on any atom is 0.136 e. The summed E-state index contributed by atoms with van der Waals surface area (Å²) in [5, 5.41) is 6.48. The Morgan fingerprint density at radius 3 is 2.50 bits per heavy atom. The van der Waals surface area contributed by atoms with Crippen LogP contribution in [0.25, 0.3) is 0 Å². The molecule has 0 fully saturated rings. The SMILES string of the molecule is CCCc1nc(NC)cc(Nc2cc(C)ccc2C)n1. The second kappa shape index (κ2) is 6.37. The first-order valence-electron chi connectivity index (χ1n) is 7.02. The number of rotatable bonds is 5. The second-order valence-corrected chi connectivity index (χ2v) is 5.00. The summed E-state index contributed by atoms with van der Waals surface area (Å²) in [6, 6.07) is 8.30. The van der Waals surface area contributed by atoms with Crippen molar-refractivity contribution in [2.45, 2.75) is 33.6 Å². The van der Waals surface area contributed by atoms with Crippen molar-refractivity contribution in [3.8, 4) is 0 Å². The number of nitrogens with one attached hydrogen (secondary N) is 2. The van der Waals surface area contributed by atoms with Gasteiger partial charge in [-0.2, -0.15) is 0 Å². The van der Waals surface area contributed by atoms with Crippen molar-refractivity contribution in [1.82, 2.24) is 9.97 Å². The minimum Gasteiger partial charge on any atom is -0.373 e. The maximum absolute atomic E-state index is 4.57. The third-order valence-electron chi connectivity index (χ3n) is 3.16. The highest BCUT2D eigenvalue weighted by molar-refractivity contribution is 5.63. The highest BCUT2D eigenvalue weighted by Gasteiger charge is 2.05. The Morgan fingerprint density at radius 1 is 1.05 bits per heavy atom. The Labute approximate surface area is 120 Å². The number of aryl methyl sites for hydroxylation is 3. The average molecular weight is 270 g/mol.